The molecule has 2 atom stereocenters. The Morgan fingerprint density at radius 3 is 1.40 bits per heavy atom. The molecule has 0 bridgehead atoms. The molecule has 0 aliphatic heterocycles. The fourth-order valence-corrected chi connectivity index (χ4v) is 1.69. The minimum absolute atomic E-state index is 0.598. The van der Waals surface area contributed by atoms with Crippen LogP contribution in [0.5, 0.6) is 0 Å². The third-order valence-electron chi connectivity index (χ3n) is 2.91. The van der Waals surface area contributed by atoms with E-state index in [4.69, 9.17) is 23.1 Å². The van der Waals surface area contributed by atoms with Crippen molar-refractivity contribution in [2.45, 2.75) is 63.6 Å². The van der Waals surface area contributed by atoms with Crippen molar-refractivity contribution in [2.24, 2.45) is 0 Å². The lowest BCUT2D eigenvalue weighted by molar-refractivity contribution is 0.219. The Hall–Kier alpha value is -1.48. The molecule has 0 heterocycles. The zero-order valence-corrected chi connectivity index (χ0v) is 12.2. The maximum atomic E-state index is 9.16. The summed E-state index contributed by atoms with van der Waals surface area (Å²) in [6, 6.07) is 0. The molecule has 2 heteroatoms. The van der Waals surface area contributed by atoms with Crippen molar-refractivity contribution < 1.29 is 10.2 Å². The van der Waals surface area contributed by atoms with E-state index in [1.54, 1.807) is 0 Å². The maximum Gasteiger partial charge on any atom is 0.114 e. The van der Waals surface area contributed by atoms with Crippen LogP contribution in [0.3, 0.4) is 0 Å². The van der Waals surface area contributed by atoms with Gasteiger partial charge in [0.25, 0.3) is 0 Å². The molecule has 0 rings (SSSR count). The molecule has 2 unspecified atom stereocenters. The number of unbranched alkanes of at least 4 members (excludes halogenated alkanes) is 3. The Kier molecular flexibility index (Phi) is 12.9. The molecule has 0 aliphatic carbocycles. The third kappa shape index (κ3) is 13.0. The van der Waals surface area contributed by atoms with Gasteiger partial charge in [0, 0.05) is 0 Å². The van der Waals surface area contributed by atoms with E-state index in [1.807, 2.05) is 0 Å². The predicted octanol–water partition coefficient (Wildman–Crippen LogP) is 3.21. The first kappa shape index (κ1) is 18.5. The van der Waals surface area contributed by atoms with E-state index >= 15 is 0 Å². The van der Waals surface area contributed by atoms with E-state index in [-0.39, 0.29) is 0 Å². The molecule has 0 aromatic rings. The molecular formula is C18H26O2. The Labute approximate surface area is 123 Å². The number of hydrogen-bond donors (Lipinski definition) is 2. The topological polar surface area (TPSA) is 40.5 Å². The van der Waals surface area contributed by atoms with Gasteiger partial charge in [0.05, 0.1) is 0 Å². The molecule has 2 nitrogen and oxygen atoms in total. The summed E-state index contributed by atoms with van der Waals surface area (Å²) in [5.74, 6) is 4.61. The van der Waals surface area contributed by atoms with Gasteiger partial charge in [0.1, 0.15) is 12.2 Å². The Morgan fingerprint density at radius 1 is 0.700 bits per heavy atom. The lowest BCUT2D eigenvalue weighted by Gasteiger charge is -1.99. The molecule has 0 amide bonds. The molecule has 0 aromatic heterocycles. The Morgan fingerprint density at radius 2 is 1.05 bits per heavy atom. The smallest absolute Gasteiger partial charge is 0.114 e. The Bertz CT molecular complexity index is 319. The van der Waals surface area contributed by atoms with E-state index in [0.29, 0.717) is 12.8 Å². The van der Waals surface area contributed by atoms with Crippen molar-refractivity contribution in [3.05, 3.63) is 24.3 Å². The van der Waals surface area contributed by atoms with Crippen LogP contribution in [0.25, 0.3) is 0 Å². The van der Waals surface area contributed by atoms with Crippen molar-refractivity contribution in [3.8, 4) is 24.7 Å². The van der Waals surface area contributed by atoms with Crippen molar-refractivity contribution in [2.75, 3.05) is 0 Å². The van der Waals surface area contributed by atoms with E-state index in [0.717, 1.165) is 38.5 Å². The van der Waals surface area contributed by atoms with Crippen LogP contribution >= 0.6 is 0 Å². The first-order valence-corrected chi connectivity index (χ1v) is 7.29. The summed E-state index contributed by atoms with van der Waals surface area (Å²) in [7, 11) is 0. The van der Waals surface area contributed by atoms with Gasteiger partial charge in [-0.15, -0.1) is 12.8 Å². The highest BCUT2D eigenvalue weighted by Gasteiger charge is 1.96. The van der Waals surface area contributed by atoms with E-state index in [9.17, 15) is 0 Å². The largest absolute Gasteiger partial charge is 0.380 e. The molecular weight excluding hydrogens is 248 g/mol. The number of aliphatic hydroxyl groups excluding tert-OH is 2. The van der Waals surface area contributed by atoms with Crippen LogP contribution < -0.4 is 0 Å². The summed E-state index contributed by atoms with van der Waals surface area (Å²) in [5, 5.41) is 18.3. The molecule has 0 saturated carbocycles. The number of aliphatic hydroxyl groups is 2. The van der Waals surface area contributed by atoms with E-state index in [1.165, 1.54) is 0 Å². The molecule has 0 saturated heterocycles. The second-order valence-corrected chi connectivity index (χ2v) is 4.75. The SMILES string of the molecule is C#CC(O)CCC/C=C\CC/C=C\CCCC(O)C#C. The highest BCUT2D eigenvalue weighted by molar-refractivity contribution is 4.94. The molecule has 20 heavy (non-hydrogen) atoms. The van der Waals surface area contributed by atoms with Gasteiger partial charge in [0.2, 0.25) is 0 Å². The number of terminal acetylenes is 2. The molecule has 0 aliphatic rings. The predicted molar refractivity (Wildman–Crippen MR) is 84.9 cm³/mol. The van der Waals surface area contributed by atoms with Crippen LogP contribution in [-0.2, 0) is 0 Å². The van der Waals surface area contributed by atoms with Crippen LogP contribution in [0.2, 0.25) is 0 Å². The van der Waals surface area contributed by atoms with Gasteiger partial charge in [-0.25, -0.2) is 0 Å². The lowest BCUT2D eigenvalue weighted by Crippen LogP contribution is -2.00. The Balaban J connectivity index is 3.35. The van der Waals surface area contributed by atoms with Crippen LogP contribution in [0.15, 0.2) is 24.3 Å². The fraction of sp³-hybridized carbons (Fsp3) is 0.556. The van der Waals surface area contributed by atoms with Gasteiger partial charge in [-0.3, -0.25) is 0 Å². The van der Waals surface area contributed by atoms with Crippen LogP contribution in [0.4, 0.5) is 0 Å². The summed E-state index contributed by atoms with van der Waals surface area (Å²) >= 11 is 0. The second kappa shape index (κ2) is 13.9. The summed E-state index contributed by atoms with van der Waals surface area (Å²) in [5.41, 5.74) is 0. The summed E-state index contributed by atoms with van der Waals surface area (Å²) in [6.45, 7) is 0. The van der Waals surface area contributed by atoms with Gasteiger partial charge >= 0.3 is 0 Å². The summed E-state index contributed by atoms with van der Waals surface area (Å²) < 4.78 is 0. The van der Waals surface area contributed by atoms with Crippen molar-refractivity contribution >= 4 is 0 Å². The van der Waals surface area contributed by atoms with Crippen molar-refractivity contribution in [1.82, 2.24) is 0 Å². The van der Waals surface area contributed by atoms with Gasteiger partial charge in [0.15, 0.2) is 0 Å². The first-order chi connectivity index (χ1) is 9.70. The van der Waals surface area contributed by atoms with Crippen LogP contribution in [0.1, 0.15) is 51.4 Å². The van der Waals surface area contributed by atoms with E-state index < -0.39 is 12.2 Å². The van der Waals surface area contributed by atoms with Crippen molar-refractivity contribution in [1.29, 1.82) is 0 Å². The molecule has 0 fully saturated rings. The normalized spacial score (nSPS) is 14.2. The van der Waals surface area contributed by atoms with Crippen LogP contribution in [0, 0.1) is 24.7 Å². The van der Waals surface area contributed by atoms with Gasteiger partial charge in [-0.1, -0.05) is 36.1 Å². The summed E-state index contributed by atoms with van der Waals surface area (Å²) in [4.78, 5) is 0. The highest BCUT2D eigenvalue weighted by atomic mass is 16.3. The lowest BCUT2D eigenvalue weighted by atomic mass is 10.1. The van der Waals surface area contributed by atoms with Crippen LogP contribution in [-0.4, -0.2) is 22.4 Å². The van der Waals surface area contributed by atoms with Gasteiger partial charge in [-0.05, 0) is 51.4 Å². The monoisotopic (exact) mass is 274 g/mol. The minimum atomic E-state index is -0.598. The van der Waals surface area contributed by atoms with Gasteiger partial charge < -0.3 is 10.2 Å². The average Bonchev–Trinajstić information content (AvgIpc) is 2.47. The fourth-order valence-electron chi connectivity index (χ4n) is 1.69. The molecule has 2 N–H and O–H groups in total. The standard InChI is InChI=1S/C18H26O2/c1-3-17(19)15-13-11-9-7-5-6-8-10-12-14-16-18(20)4-2/h1-2,7-10,17-20H,5-6,11-16H2/b9-7-,10-8-. The maximum absolute atomic E-state index is 9.16. The molecule has 0 spiro atoms. The highest BCUT2D eigenvalue weighted by Crippen LogP contribution is 2.04. The minimum Gasteiger partial charge on any atom is -0.380 e. The quantitative estimate of drug-likeness (QED) is 0.345. The average molecular weight is 274 g/mol. The van der Waals surface area contributed by atoms with E-state index in [2.05, 4.69) is 36.1 Å². The summed E-state index contributed by atoms with van der Waals surface area (Å²) in [6.07, 6.45) is 24.7. The molecule has 110 valence electrons. The van der Waals surface area contributed by atoms with Gasteiger partial charge in [-0.2, -0.15) is 0 Å². The number of rotatable bonds is 11. The molecule has 0 aromatic carbocycles. The third-order valence-corrected chi connectivity index (χ3v) is 2.91. The second-order valence-electron chi connectivity index (χ2n) is 4.75. The number of hydrogen-bond acceptors (Lipinski definition) is 2. The van der Waals surface area contributed by atoms with Crippen molar-refractivity contribution in [3.63, 3.8) is 0 Å². The first-order valence-electron chi connectivity index (χ1n) is 7.29. The molecule has 0 radical (unpaired) electrons. The zero-order valence-electron chi connectivity index (χ0n) is 12.2. The zero-order chi connectivity index (χ0) is 15.1. The number of allylic oxidation sites excluding steroid dienone is 4.